The van der Waals surface area contributed by atoms with Gasteiger partial charge in [-0.3, -0.25) is 9.59 Å². The molecule has 2 N–H and O–H groups in total. The molecule has 3 aromatic rings. The van der Waals surface area contributed by atoms with Crippen LogP contribution in [0.2, 0.25) is 0 Å². The first-order valence-electron chi connectivity index (χ1n) is 8.78. The minimum absolute atomic E-state index is 0.141. The van der Waals surface area contributed by atoms with Gasteiger partial charge in [0.05, 0.1) is 11.3 Å². The molecule has 140 valence electrons. The highest BCUT2D eigenvalue weighted by Crippen LogP contribution is 2.32. The molecular weight excluding hydrogens is 356 g/mol. The van der Waals surface area contributed by atoms with E-state index in [1.54, 1.807) is 42.5 Å². The minimum atomic E-state index is -0.339. The zero-order valence-electron chi connectivity index (χ0n) is 15.2. The SMILES string of the molecule is Cc1cccc(NC(=O)c2ccccc2NC(=O)c2ccc3c(c2)OCO3)c1. The highest BCUT2D eigenvalue weighted by molar-refractivity contribution is 6.12. The number of hydrogen-bond acceptors (Lipinski definition) is 4. The molecule has 6 nitrogen and oxygen atoms in total. The number of hydrogen-bond donors (Lipinski definition) is 2. The molecule has 4 rings (SSSR count). The monoisotopic (exact) mass is 374 g/mol. The van der Waals surface area contributed by atoms with Gasteiger partial charge in [0, 0.05) is 11.3 Å². The van der Waals surface area contributed by atoms with E-state index in [9.17, 15) is 9.59 Å². The molecule has 0 saturated heterocycles. The van der Waals surface area contributed by atoms with E-state index in [1.807, 2.05) is 31.2 Å². The average molecular weight is 374 g/mol. The highest BCUT2D eigenvalue weighted by atomic mass is 16.7. The maximum absolute atomic E-state index is 12.7. The van der Waals surface area contributed by atoms with Crippen LogP contribution in [0.3, 0.4) is 0 Å². The summed E-state index contributed by atoms with van der Waals surface area (Å²) in [6, 6.07) is 19.4. The van der Waals surface area contributed by atoms with Crippen molar-refractivity contribution < 1.29 is 19.1 Å². The van der Waals surface area contributed by atoms with Crippen molar-refractivity contribution in [3.05, 3.63) is 83.4 Å². The van der Waals surface area contributed by atoms with Crippen LogP contribution in [0.15, 0.2) is 66.7 Å². The first-order chi connectivity index (χ1) is 13.6. The van der Waals surface area contributed by atoms with E-state index in [1.165, 1.54) is 0 Å². The number of carbonyl (C=O) groups is 2. The Labute approximate surface area is 162 Å². The van der Waals surface area contributed by atoms with E-state index >= 15 is 0 Å². The third kappa shape index (κ3) is 3.66. The van der Waals surface area contributed by atoms with Crippen molar-refractivity contribution in [1.29, 1.82) is 0 Å². The molecule has 0 saturated carbocycles. The predicted molar refractivity (Wildman–Crippen MR) is 106 cm³/mol. The zero-order valence-corrected chi connectivity index (χ0v) is 15.2. The number of ether oxygens (including phenoxy) is 2. The molecule has 1 aliphatic rings. The van der Waals surface area contributed by atoms with Crippen LogP contribution in [-0.2, 0) is 0 Å². The molecule has 1 heterocycles. The van der Waals surface area contributed by atoms with Crippen molar-refractivity contribution in [2.24, 2.45) is 0 Å². The number of carbonyl (C=O) groups excluding carboxylic acids is 2. The fraction of sp³-hybridized carbons (Fsp3) is 0.0909. The molecule has 3 aromatic carbocycles. The van der Waals surface area contributed by atoms with Crippen LogP contribution < -0.4 is 20.1 Å². The molecule has 0 radical (unpaired) electrons. The summed E-state index contributed by atoms with van der Waals surface area (Å²) in [6.45, 7) is 2.09. The van der Waals surface area contributed by atoms with Crippen molar-refractivity contribution in [1.82, 2.24) is 0 Å². The van der Waals surface area contributed by atoms with Gasteiger partial charge in [0.25, 0.3) is 11.8 Å². The van der Waals surface area contributed by atoms with Crippen molar-refractivity contribution in [2.75, 3.05) is 17.4 Å². The standard InChI is InChI=1S/C22H18N2O4/c1-14-5-4-6-16(11-14)23-22(26)17-7-2-3-8-18(17)24-21(25)15-9-10-19-20(12-15)28-13-27-19/h2-12H,13H2,1H3,(H,23,26)(H,24,25). The van der Waals surface area contributed by atoms with E-state index in [0.717, 1.165) is 5.56 Å². The number of benzene rings is 3. The van der Waals surface area contributed by atoms with Gasteiger partial charge in [-0.15, -0.1) is 0 Å². The lowest BCUT2D eigenvalue weighted by Crippen LogP contribution is -2.18. The van der Waals surface area contributed by atoms with E-state index in [-0.39, 0.29) is 18.6 Å². The number of para-hydroxylation sites is 1. The van der Waals surface area contributed by atoms with Crippen LogP contribution >= 0.6 is 0 Å². The Bertz CT molecular complexity index is 1060. The number of fused-ring (bicyclic) bond motifs is 1. The lowest BCUT2D eigenvalue weighted by atomic mass is 10.1. The number of anilines is 2. The molecule has 0 spiro atoms. The Kier molecular flexibility index (Phi) is 4.68. The number of amides is 2. The Morgan fingerprint density at radius 2 is 1.64 bits per heavy atom. The quantitative estimate of drug-likeness (QED) is 0.717. The second-order valence-corrected chi connectivity index (χ2v) is 6.39. The third-order valence-electron chi connectivity index (χ3n) is 4.33. The average Bonchev–Trinajstić information content (AvgIpc) is 3.16. The lowest BCUT2D eigenvalue weighted by molar-refractivity contribution is 0.102. The van der Waals surface area contributed by atoms with Gasteiger partial charge in [-0.2, -0.15) is 0 Å². The largest absolute Gasteiger partial charge is 0.454 e. The van der Waals surface area contributed by atoms with Gasteiger partial charge in [-0.25, -0.2) is 0 Å². The molecule has 0 atom stereocenters. The summed E-state index contributed by atoms with van der Waals surface area (Å²) in [7, 11) is 0. The summed E-state index contributed by atoms with van der Waals surface area (Å²) in [6.07, 6.45) is 0. The molecule has 1 aliphatic heterocycles. The van der Waals surface area contributed by atoms with Crippen molar-refractivity contribution in [3.8, 4) is 11.5 Å². The molecule has 28 heavy (non-hydrogen) atoms. The van der Waals surface area contributed by atoms with E-state index in [4.69, 9.17) is 9.47 Å². The summed E-state index contributed by atoms with van der Waals surface area (Å²) in [5, 5.41) is 5.66. The van der Waals surface area contributed by atoms with Gasteiger partial charge >= 0.3 is 0 Å². The Balaban J connectivity index is 1.54. The van der Waals surface area contributed by atoms with Crippen LogP contribution in [0.5, 0.6) is 11.5 Å². The van der Waals surface area contributed by atoms with Gasteiger partial charge in [-0.1, -0.05) is 24.3 Å². The van der Waals surface area contributed by atoms with E-state index in [2.05, 4.69) is 10.6 Å². The topological polar surface area (TPSA) is 76.7 Å². The molecule has 0 aliphatic carbocycles. The van der Waals surface area contributed by atoms with Gasteiger partial charge in [-0.05, 0) is 55.0 Å². The van der Waals surface area contributed by atoms with Crippen molar-refractivity contribution in [2.45, 2.75) is 6.92 Å². The summed E-state index contributed by atoms with van der Waals surface area (Å²) in [5.74, 6) is 0.494. The summed E-state index contributed by atoms with van der Waals surface area (Å²) in [4.78, 5) is 25.4. The normalized spacial score (nSPS) is 11.8. The fourth-order valence-electron chi connectivity index (χ4n) is 2.94. The minimum Gasteiger partial charge on any atom is -0.454 e. The van der Waals surface area contributed by atoms with E-state index < -0.39 is 0 Å². The van der Waals surface area contributed by atoms with Crippen LogP contribution in [-0.4, -0.2) is 18.6 Å². The predicted octanol–water partition coefficient (Wildman–Crippen LogP) is 4.23. The molecule has 0 unspecified atom stereocenters. The Morgan fingerprint density at radius 1 is 0.821 bits per heavy atom. The highest BCUT2D eigenvalue weighted by Gasteiger charge is 2.18. The molecule has 0 fully saturated rings. The van der Waals surface area contributed by atoms with Crippen molar-refractivity contribution in [3.63, 3.8) is 0 Å². The Hall–Kier alpha value is -3.80. The summed E-state index contributed by atoms with van der Waals surface area (Å²) in [5.41, 5.74) is 2.95. The maximum atomic E-state index is 12.7. The molecule has 0 bridgehead atoms. The maximum Gasteiger partial charge on any atom is 0.257 e. The first-order valence-corrected chi connectivity index (χ1v) is 8.78. The number of nitrogens with one attached hydrogen (secondary N) is 2. The summed E-state index contributed by atoms with van der Waals surface area (Å²) < 4.78 is 10.6. The van der Waals surface area contributed by atoms with Crippen molar-refractivity contribution >= 4 is 23.2 Å². The smallest absolute Gasteiger partial charge is 0.257 e. The summed E-state index contributed by atoms with van der Waals surface area (Å²) >= 11 is 0. The van der Waals surface area contributed by atoms with Crippen LogP contribution in [0.1, 0.15) is 26.3 Å². The van der Waals surface area contributed by atoms with Gasteiger partial charge in [0.15, 0.2) is 11.5 Å². The number of rotatable bonds is 4. The first kappa shape index (κ1) is 17.6. The third-order valence-corrected chi connectivity index (χ3v) is 4.33. The molecule has 0 aromatic heterocycles. The van der Waals surface area contributed by atoms with Gasteiger partial charge in [0.2, 0.25) is 6.79 Å². The number of aryl methyl sites for hydroxylation is 1. The van der Waals surface area contributed by atoms with Crippen LogP contribution in [0.25, 0.3) is 0 Å². The second-order valence-electron chi connectivity index (χ2n) is 6.39. The van der Waals surface area contributed by atoms with E-state index in [0.29, 0.717) is 34.0 Å². The molecule has 2 amide bonds. The molecular formula is C22H18N2O4. The Morgan fingerprint density at radius 3 is 2.50 bits per heavy atom. The van der Waals surface area contributed by atoms with Crippen LogP contribution in [0, 0.1) is 6.92 Å². The fourth-order valence-corrected chi connectivity index (χ4v) is 2.94. The van der Waals surface area contributed by atoms with Gasteiger partial charge in [0.1, 0.15) is 0 Å². The molecule has 6 heteroatoms. The van der Waals surface area contributed by atoms with Crippen LogP contribution in [0.4, 0.5) is 11.4 Å². The second kappa shape index (κ2) is 7.44. The zero-order chi connectivity index (χ0) is 19.5. The van der Waals surface area contributed by atoms with Gasteiger partial charge < -0.3 is 20.1 Å². The lowest BCUT2D eigenvalue weighted by Gasteiger charge is -2.12.